The fraction of sp³-hybridized carbons (Fsp3) is 0.294. The lowest BCUT2D eigenvalue weighted by Crippen LogP contribution is -2.04. The van der Waals surface area contributed by atoms with E-state index in [-0.39, 0.29) is 5.97 Å². The van der Waals surface area contributed by atoms with Crippen LogP contribution in [-0.4, -0.2) is 12.4 Å². The zero-order valence-electron chi connectivity index (χ0n) is 11.6. The average Bonchev–Trinajstić information content (AvgIpc) is 2.91. The topological polar surface area (TPSA) is 52.6 Å². The van der Waals surface area contributed by atoms with Gasteiger partial charge in [-0.2, -0.15) is 0 Å². The molecule has 108 valence electrons. The second kappa shape index (κ2) is 5.95. The zero-order valence-corrected chi connectivity index (χ0v) is 11.6. The number of cyclic esters (lactones) is 1. The Bertz CT molecular complexity index is 632. The number of benzene rings is 1. The maximum atomic E-state index is 12.0. The molecule has 1 aromatic carbocycles. The summed E-state index contributed by atoms with van der Waals surface area (Å²) in [4.78, 5) is 22.4. The lowest BCUT2D eigenvalue weighted by atomic mass is 9.91. The molecule has 0 N–H and O–H groups in total. The summed E-state index contributed by atoms with van der Waals surface area (Å²) < 4.78 is 10.2. The van der Waals surface area contributed by atoms with Gasteiger partial charge in [-0.3, -0.25) is 4.79 Å². The van der Waals surface area contributed by atoms with Crippen molar-refractivity contribution in [2.75, 3.05) is 0 Å². The number of esters is 1. The molecule has 1 fully saturated rings. The number of ether oxygens (including phenoxy) is 2. The number of carbonyl (C=O) groups is 2. The van der Waals surface area contributed by atoms with Gasteiger partial charge in [0.1, 0.15) is 11.5 Å². The van der Waals surface area contributed by atoms with Gasteiger partial charge in [-0.05, 0) is 43.9 Å². The van der Waals surface area contributed by atoms with Crippen LogP contribution in [-0.2, 0) is 14.3 Å². The summed E-state index contributed by atoms with van der Waals surface area (Å²) in [6, 6.07) is 6.94. The van der Waals surface area contributed by atoms with Gasteiger partial charge in [-0.1, -0.05) is 24.1 Å². The van der Waals surface area contributed by atoms with Crippen LogP contribution in [0.1, 0.15) is 37.7 Å². The van der Waals surface area contributed by atoms with E-state index in [0.717, 1.165) is 31.2 Å². The highest BCUT2D eigenvalue weighted by Crippen LogP contribution is 2.34. The molecule has 1 aromatic rings. The van der Waals surface area contributed by atoms with Crippen molar-refractivity contribution in [3.63, 3.8) is 0 Å². The summed E-state index contributed by atoms with van der Waals surface area (Å²) in [5, 5.41) is 0. The Hall–Kier alpha value is -2.36. The van der Waals surface area contributed by atoms with Crippen molar-refractivity contribution in [1.82, 2.24) is 0 Å². The molecule has 1 heterocycles. The van der Waals surface area contributed by atoms with Crippen LogP contribution in [0.5, 0.6) is 5.75 Å². The molecule has 1 aliphatic heterocycles. The van der Waals surface area contributed by atoms with Gasteiger partial charge in [0.05, 0.1) is 5.57 Å². The van der Waals surface area contributed by atoms with Crippen molar-refractivity contribution in [3.8, 4) is 5.75 Å². The van der Waals surface area contributed by atoms with Crippen molar-refractivity contribution in [1.29, 1.82) is 0 Å². The van der Waals surface area contributed by atoms with Gasteiger partial charge in [-0.15, -0.1) is 0 Å². The van der Waals surface area contributed by atoms with Gasteiger partial charge in [0.2, 0.25) is 0 Å². The first-order valence-corrected chi connectivity index (χ1v) is 7.14. The molecule has 0 spiro atoms. The normalized spacial score (nSPS) is 18.3. The summed E-state index contributed by atoms with van der Waals surface area (Å²) in [6.07, 6.45) is 7.26. The highest BCUT2D eigenvalue weighted by molar-refractivity contribution is 6.02. The zero-order chi connectivity index (χ0) is 14.7. The first-order valence-electron chi connectivity index (χ1n) is 7.14. The maximum absolute atomic E-state index is 12.0. The molecule has 1 saturated carbocycles. The van der Waals surface area contributed by atoms with Crippen molar-refractivity contribution in [2.24, 2.45) is 0 Å². The van der Waals surface area contributed by atoms with Crippen molar-refractivity contribution >= 4 is 18.2 Å². The Kier molecular flexibility index (Phi) is 3.86. The van der Waals surface area contributed by atoms with Crippen LogP contribution in [0.3, 0.4) is 0 Å². The first-order chi connectivity index (χ1) is 10.3. The van der Waals surface area contributed by atoms with Gasteiger partial charge in [-0.25, -0.2) is 4.79 Å². The summed E-state index contributed by atoms with van der Waals surface area (Å²) in [5.41, 5.74) is 2.63. The van der Waals surface area contributed by atoms with E-state index < -0.39 is 0 Å². The van der Waals surface area contributed by atoms with E-state index in [2.05, 4.69) is 0 Å². The van der Waals surface area contributed by atoms with Crippen LogP contribution in [0, 0.1) is 0 Å². The summed E-state index contributed by atoms with van der Waals surface area (Å²) in [5.74, 6) is 0.672. The van der Waals surface area contributed by atoms with Gasteiger partial charge in [0.15, 0.2) is 0 Å². The summed E-state index contributed by atoms with van der Waals surface area (Å²) in [7, 11) is 0. The third-order valence-electron chi connectivity index (χ3n) is 3.84. The van der Waals surface area contributed by atoms with Gasteiger partial charge in [0, 0.05) is 5.56 Å². The smallest absolute Gasteiger partial charge is 0.343 e. The molecule has 1 aliphatic carbocycles. The number of hydrogen-bond acceptors (Lipinski definition) is 4. The minimum atomic E-state index is -0.274. The van der Waals surface area contributed by atoms with E-state index in [1.54, 1.807) is 18.2 Å². The summed E-state index contributed by atoms with van der Waals surface area (Å²) in [6.45, 7) is 0.379. The van der Waals surface area contributed by atoms with Crippen LogP contribution in [0.4, 0.5) is 0 Å². The Labute approximate surface area is 123 Å². The minimum absolute atomic E-state index is 0.274. The number of rotatable bonds is 3. The molecule has 0 bridgehead atoms. The molecule has 0 atom stereocenters. The lowest BCUT2D eigenvalue weighted by Gasteiger charge is -2.14. The number of hydrogen-bond donors (Lipinski definition) is 0. The third kappa shape index (κ3) is 2.89. The molecule has 21 heavy (non-hydrogen) atoms. The molecule has 0 saturated heterocycles. The van der Waals surface area contributed by atoms with Crippen LogP contribution in [0.2, 0.25) is 0 Å². The second-order valence-electron chi connectivity index (χ2n) is 5.22. The molecule has 4 heteroatoms. The van der Waals surface area contributed by atoms with E-state index in [4.69, 9.17) is 9.47 Å². The van der Waals surface area contributed by atoms with Gasteiger partial charge >= 0.3 is 5.97 Å². The van der Waals surface area contributed by atoms with E-state index in [1.807, 2.05) is 12.1 Å². The molecular weight excluding hydrogens is 268 g/mol. The maximum Gasteiger partial charge on any atom is 0.343 e. The SMILES string of the molecule is O=COc1cccc(C2=CC(=C3CCCCC3)C(=O)O2)c1. The monoisotopic (exact) mass is 284 g/mol. The molecule has 0 aromatic heterocycles. The number of carbonyl (C=O) groups excluding carboxylic acids is 2. The van der Waals surface area contributed by atoms with E-state index in [1.165, 1.54) is 12.0 Å². The molecule has 0 amide bonds. The van der Waals surface area contributed by atoms with Gasteiger partial charge < -0.3 is 9.47 Å². The molecule has 4 nitrogen and oxygen atoms in total. The predicted octanol–water partition coefficient (Wildman–Crippen LogP) is 3.38. The number of allylic oxidation sites excluding steroid dienone is 1. The second-order valence-corrected chi connectivity index (χ2v) is 5.22. The van der Waals surface area contributed by atoms with Crippen LogP contribution >= 0.6 is 0 Å². The van der Waals surface area contributed by atoms with Crippen molar-refractivity contribution in [3.05, 3.63) is 47.1 Å². The lowest BCUT2D eigenvalue weighted by molar-refractivity contribution is -0.131. The highest BCUT2D eigenvalue weighted by Gasteiger charge is 2.25. The molecule has 2 aliphatic rings. The predicted molar refractivity (Wildman–Crippen MR) is 77.3 cm³/mol. The summed E-state index contributed by atoms with van der Waals surface area (Å²) >= 11 is 0. The Morgan fingerprint density at radius 1 is 1.14 bits per heavy atom. The molecular formula is C17H16O4. The Balaban J connectivity index is 1.91. The fourth-order valence-electron chi connectivity index (χ4n) is 2.79. The van der Waals surface area contributed by atoms with Crippen LogP contribution in [0.25, 0.3) is 5.76 Å². The van der Waals surface area contributed by atoms with Gasteiger partial charge in [0.25, 0.3) is 6.47 Å². The van der Waals surface area contributed by atoms with Crippen molar-refractivity contribution in [2.45, 2.75) is 32.1 Å². The molecule has 0 unspecified atom stereocenters. The van der Waals surface area contributed by atoms with E-state index in [9.17, 15) is 9.59 Å². The fourth-order valence-corrected chi connectivity index (χ4v) is 2.79. The standard InChI is InChI=1S/C17H16O4/c18-11-20-14-8-4-7-13(9-14)16-10-15(17(19)21-16)12-5-2-1-3-6-12/h4,7-11H,1-3,5-6H2. The molecule has 0 radical (unpaired) electrons. The van der Waals surface area contributed by atoms with E-state index >= 15 is 0 Å². The van der Waals surface area contributed by atoms with Crippen LogP contribution in [0.15, 0.2) is 41.5 Å². The Morgan fingerprint density at radius 2 is 1.95 bits per heavy atom. The minimum Gasteiger partial charge on any atom is -0.429 e. The quantitative estimate of drug-likeness (QED) is 0.485. The van der Waals surface area contributed by atoms with E-state index in [0.29, 0.717) is 23.6 Å². The molecule has 3 rings (SSSR count). The highest BCUT2D eigenvalue weighted by atomic mass is 16.5. The largest absolute Gasteiger partial charge is 0.429 e. The Morgan fingerprint density at radius 3 is 2.71 bits per heavy atom. The van der Waals surface area contributed by atoms with Crippen LogP contribution < -0.4 is 4.74 Å². The third-order valence-corrected chi connectivity index (χ3v) is 3.84. The first kappa shape index (κ1) is 13.6. The van der Waals surface area contributed by atoms with Crippen molar-refractivity contribution < 1.29 is 19.1 Å². The average molecular weight is 284 g/mol.